The highest BCUT2D eigenvalue weighted by Crippen LogP contribution is 2.22. The Morgan fingerprint density at radius 2 is 1.63 bits per heavy atom. The van der Waals surface area contributed by atoms with E-state index in [0.29, 0.717) is 11.6 Å². The van der Waals surface area contributed by atoms with Gasteiger partial charge in [-0.1, -0.05) is 41.9 Å². The van der Waals surface area contributed by atoms with Crippen molar-refractivity contribution in [2.45, 2.75) is 12.7 Å². The Bertz CT molecular complexity index is 982. The smallest absolute Gasteiger partial charge is 0.477 e. The van der Waals surface area contributed by atoms with Gasteiger partial charge in [-0.15, -0.1) is 0 Å². The second-order valence-corrected chi connectivity index (χ2v) is 5.85. The van der Waals surface area contributed by atoms with Crippen LogP contribution in [0.25, 0.3) is 10.9 Å². The molecule has 0 fully saturated rings. The van der Waals surface area contributed by atoms with Crippen LogP contribution in [0.2, 0.25) is 5.02 Å². The zero-order valence-electron chi connectivity index (χ0n) is 13.6. The molecule has 0 spiro atoms. The number of aromatic carboxylic acids is 1. The van der Waals surface area contributed by atoms with Crippen molar-refractivity contribution >= 4 is 34.4 Å². The first kappa shape index (κ1) is 20.3. The number of hydrogen-bond acceptors (Lipinski definition) is 2. The second kappa shape index (κ2) is 8.13. The molecule has 0 unspecified atom stereocenters. The molecule has 2 aromatic carbocycles. The first-order valence-electron chi connectivity index (χ1n) is 7.45. The predicted molar refractivity (Wildman–Crippen MR) is 93.1 cm³/mol. The number of halogens is 4. The molecule has 5 nitrogen and oxygen atoms in total. The highest BCUT2D eigenvalue weighted by molar-refractivity contribution is 6.30. The molecule has 0 saturated carbocycles. The number of nitrogens with zero attached hydrogens (tertiary/aromatic N) is 1. The van der Waals surface area contributed by atoms with Crippen molar-refractivity contribution in [3.63, 3.8) is 0 Å². The monoisotopic (exact) mass is 399 g/mol. The summed E-state index contributed by atoms with van der Waals surface area (Å²) >= 11 is 5.98. The molecular weight excluding hydrogens is 387 g/mol. The first-order chi connectivity index (χ1) is 12.6. The number of aliphatic carboxylic acids is 1. The Kier molecular flexibility index (Phi) is 6.12. The van der Waals surface area contributed by atoms with E-state index in [-0.39, 0.29) is 5.69 Å². The minimum atomic E-state index is -5.08. The van der Waals surface area contributed by atoms with Gasteiger partial charge in [-0.2, -0.15) is 13.2 Å². The molecule has 3 aromatic rings. The SMILES string of the molecule is O=C(O)C(F)(F)F.O=C(O)c1cc2ccccc2n1Cc1cccc(Cl)c1. The molecule has 142 valence electrons. The quantitative estimate of drug-likeness (QED) is 0.670. The molecule has 27 heavy (non-hydrogen) atoms. The van der Waals surface area contributed by atoms with Crippen LogP contribution in [0.1, 0.15) is 16.1 Å². The largest absolute Gasteiger partial charge is 0.490 e. The van der Waals surface area contributed by atoms with Crippen LogP contribution in [0, 0.1) is 0 Å². The highest BCUT2D eigenvalue weighted by Gasteiger charge is 2.38. The average molecular weight is 400 g/mol. The number of carboxylic acid groups (broad SMARTS) is 2. The topological polar surface area (TPSA) is 79.5 Å². The molecule has 9 heteroatoms. The van der Waals surface area contributed by atoms with Gasteiger partial charge in [0.25, 0.3) is 0 Å². The number of alkyl halides is 3. The number of benzene rings is 2. The van der Waals surface area contributed by atoms with Crippen LogP contribution < -0.4 is 0 Å². The van der Waals surface area contributed by atoms with Gasteiger partial charge < -0.3 is 14.8 Å². The Morgan fingerprint density at radius 3 is 2.19 bits per heavy atom. The van der Waals surface area contributed by atoms with Crippen molar-refractivity contribution in [1.82, 2.24) is 4.57 Å². The summed E-state index contributed by atoms with van der Waals surface area (Å²) in [4.78, 5) is 20.3. The summed E-state index contributed by atoms with van der Waals surface area (Å²) in [6.07, 6.45) is -5.08. The summed E-state index contributed by atoms with van der Waals surface area (Å²) in [5.74, 6) is -3.68. The molecule has 0 aliphatic carbocycles. The van der Waals surface area contributed by atoms with Crippen molar-refractivity contribution in [3.8, 4) is 0 Å². The Labute approximate surface area is 156 Å². The Hall–Kier alpha value is -3.00. The van der Waals surface area contributed by atoms with E-state index in [1.807, 2.05) is 42.5 Å². The van der Waals surface area contributed by atoms with Crippen molar-refractivity contribution < 1.29 is 33.0 Å². The molecule has 1 heterocycles. The van der Waals surface area contributed by atoms with E-state index in [0.717, 1.165) is 16.5 Å². The number of carboxylic acids is 2. The fourth-order valence-electron chi connectivity index (χ4n) is 2.38. The van der Waals surface area contributed by atoms with E-state index < -0.39 is 18.1 Å². The van der Waals surface area contributed by atoms with Gasteiger partial charge in [0.15, 0.2) is 0 Å². The van der Waals surface area contributed by atoms with Crippen molar-refractivity contribution in [2.75, 3.05) is 0 Å². The van der Waals surface area contributed by atoms with Crippen LogP contribution in [0.4, 0.5) is 13.2 Å². The van der Waals surface area contributed by atoms with Gasteiger partial charge >= 0.3 is 18.1 Å². The van der Waals surface area contributed by atoms with Crippen molar-refractivity contribution in [1.29, 1.82) is 0 Å². The summed E-state index contributed by atoms with van der Waals surface area (Å²) in [5.41, 5.74) is 2.16. The maximum absolute atomic E-state index is 11.4. The number of hydrogen-bond donors (Lipinski definition) is 2. The molecule has 0 atom stereocenters. The molecule has 0 amide bonds. The molecule has 0 aliphatic heterocycles. The van der Waals surface area contributed by atoms with Gasteiger partial charge in [-0.3, -0.25) is 0 Å². The molecule has 0 radical (unpaired) electrons. The lowest BCUT2D eigenvalue weighted by Crippen LogP contribution is -2.21. The normalized spacial score (nSPS) is 11.0. The molecule has 3 rings (SSSR count). The second-order valence-electron chi connectivity index (χ2n) is 5.41. The van der Waals surface area contributed by atoms with Crippen LogP contribution in [0.5, 0.6) is 0 Å². The lowest BCUT2D eigenvalue weighted by atomic mass is 10.2. The van der Waals surface area contributed by atoms with Crippen LogP contribution >= 0.6 is 11.6 Å². The van der Waals surface area contributed by atoms with E-state index in [4.69, 9.17) is 21.5 Å². The average Bonchev–Trinajstić information content (AvgIpc) is 2.94. The zero-order valence-corrected chi connectivity index (χ0v) is 14.3. The summed E-state index contributed by atoms with van der Waals surface area (Å²) < 4.78 is 33.5. The molecule has 1 aromatic heterocycles. The van der Waals surface area contributed by atoms with Gasteiger partial charge in [0.2, 0.25) is 0 Å². The minimum Gasteiger partial charge on any atom is -0.477 e. The lowest BCUT2D eigenvalue weighted by Gasteiger charge is -2.09. The van der Waals surface area contributed by atoms with Gasteiger partial charge in [-0.05, 0) is 29.8 Å². The van der Waals surface area contributed by atoms with E-state index in [1.165, 1.54) is 0 Å². The van der Waals surface area contributed by atoms with Crippen LogP contribution in [-0.2, 0) is 11.3 Å². The summed E-state index contributed by atoms with van der Waals surface area (Å²) in [5, 5.41) is 18.0. The molecule has 0 saturated heterocycles. The number of aromatic nitrogens is 1. The zero-order chi connectivity index (χ0) is 20.2. The number of fused-ring (bicyclic) bond motifs is 1. The summed E-state index contributed by atoms with van der Waals surface area (Å²) in [7, 11) is 0. The third kappa shape index (κ3) is 5.24. The van der Waals surface area contributed by atoms with E-state index in [9.17, 15) is 23.1 Å². The van der Waals surface area contributed by atoms with Gasteiger partial charge in [0, 0.05) is 22.5 Å². The fourth-order valence-corrected chi connectivity index (χ4v) is 2.59. The molecule has 0 bridgehead atoms. The Balaban J connectivity index is 0.000000321. The first-order valence-corrected chi connectivity index (χ1v) is 7.83. The molecular formula is C18H13ClF3NO4. The van der Waals surface area contributed by atoms with E-state index in [1.54, 1.807) is 16.7 Å². The molecule has 2 N–H and O–H groups in total. The fraction of sp³-hybridized carbons (Fsp3) is 0.111. The van der Waals surface area contributed by atoms with Gasteiger partial charge in [0.05, 0.1) is 0 Å². The number of carbonyl (C=O) groups is 2. The minimum absolute atomic E-state index is 0.283. The van der Waals surface area contributed by atoms with Crippen molar-refractivity contribution in [2.24, 2.45) is 0 Å². The van der Waals surface area contributed by atoms with Crippen LogP contribution in [0.3, 0.4) is 0 Å². The molecule has 0 aliphatic rings. The summed E-state index contributed by atoms with van der Waals surface area (Å²) in [6.45, 7) is 0.482. The van der Waals surface area contributed by atoms with E-state index in [2.05, 4.69) is 0 Å². The maximum atomic E-state index is 11.4. The van der Waals surface area contributed by atoms with Gasteiger partial charge in [-0.25, -0.2) is 9.59 Å². The standard InChI is InChI=1S/C16H12ClNO2.C2HF3O2/c17-13-6-3-4-11(8-13)10-18-14-7-2-1-5-12(14)9-15(18)16(19)20;3-2(4,5)1(6)7/h1-9H,10H2,(H,19,20);(H,6,7). The third-order valence-electron chi connectivity index (χ3n) is 3.50. The third-order valence-corrected chi connectivity index (χ3v) is 3.74. The van der Waals surface area contributed by atoms with Crippen LogP contribution in [0.15, 0.2) is 54.6 Å². The predicted octanol–water partition coefficient (Wildman–Crippen LogP) is 4.67. The van der Waals surface area contributed by atoms with Crippen LogP contribution in [-0.4, -0.2) is 32.9 Å². The Morgan fingerprint density at radius 1 is 1.00 bits per heavy atom. The van der Waals surface area contributed by atoms with Crippen molar-refractivity contribution in [3.05, 3.63) is 70.9 Å². The van der Waals surface area contributed by atoms with E-state index >= 15 is 0 Å². The van der Waals surface area contributed by atoms with Gasteiger partial charge in [0.1, 0.15) is 5.69 Å². The summed E-state index contributed by atoms with van der Waals surface area (Å²) in [6, 6.07) is 16.8. The number of rotatable bonds is 3. The highest BCUT2D eigenvalue weighted by atomic mass is 35.5. The number of para-hydroxylation sites is 1. The maximum Gasteiger partial charge on any atom is 0.490 e. The lowest BCUT2D eigenvalue weighted by molar-refractivity contribution is -0.192.